The topological polar surface area (TPSA) is 99.6 Å². The molecule has 2 aromatic carbocycles. The van der Waals surface area contributed by atoms with Crippen LogP contribution in [0, 0.1) is 23.7 Å². The van der Waals surface area contributed by atoms with Gasteiger partial charge in [0.1, 0.15) is 5.82 Å². The van der Waals surface area contributed by atoms with Crippen molar-refractivity contribution in [2.24, 2.45) is 11.1 Å². The maximum atomic E-state index is 13.5. The smallest absolute Gasteiger partial charge is 0.162 e. The summed E-state index contributed by atoms with van der Waals surface area (Å²) in [6, 6.07) is 15.1. The number of ketones is 1. The van der Waals surface area contributed by atoms with Crippen molar-refractivity contribution in [3.8, 4) is 17.6 Å². The van der Waals surface area contributed by atoms with E-state index in [2.05, 4.69) is 19.9 Å². The van der Waals surface area contributed by atoms with Gasteiger partial charge in [0.25, 0.3) is 0 Å². The average molecular weight is 430 g/mol. The molecule has 6 heteroatoms. The zero-order chi connectivity index (χ0) is 23.2. The molecule has 2 aliphatic rings. The SMILES string of the molecule is COc1cc(C2C(C#N)=C(N)N(c3ccc(C)cc3)C3=C2C(=O)CC(C)(C)C3)ccc1O. The predicted molar refractivity (Wildman–Crippen MR) is 123 cm³/mol. The second kappa shape index (κ2) is 7.76. The fourth-order valence-corrected chi connectivity index (χ4v) is 4.70. The number of nitrogens with zero attached hydrogens (tertiary/aromatic N) is 2. The first-order valence-electron chi connectivity index (χ1n) is 10.6. The van der Waals surface area contributed by atoms with Crippen LogP contribution in [0.25, 0.3) is 0 Å². The summed E-state index contributed by atoms with van der Waals surface area (Å²) in [5.74, 6) is -0.0164. The molecule has 0 saturated heterocycles. The molecule has 0 amide bonds. The summed E-state index contributed by atoms with van der Waals surface area (Å²) in [5, 5.41) is 20.2. The summed E-state index contributed by atoms with van der Waals surface area (Å²) in [7, 11) is 1.47. The number of ether oxygens (including phenoxy) is 1. The Bertz CT molecular complexity index is 1200. The number of methoxy groups -OCH3 is 1. The van der Waals surface area contributed by atoms with E-state index in [1.807, 2.05) is 36.1 Å². The van der Waals surface area contributed by atoms with E-state index in [9.17, 15) is 15.2 Å². The molecule has 1 atom stereocenters. The molecule has 4 rings (SSSR count). The monoisotopic (exact) mass is 429 g/mol. The molecule has 0 saturated carbocycles. The second-order valence-electron chi connectivity index (χ2n) is 9.25. The summed E-state index contributed by atoms with van der Waals surface area (Å²) < 4.78 is 5.28. The number of rotatable bonds is 3. The number of hydrogen-bond donors (Lipinski definition) is 2. The van der Waals surface area contributed by atoms with E-state index in [0.717, 1.165) is 16.9 Å². The Labute approximate surface area is 188 Å². The lowest BCUT2D eigenvalue weighted by molar-refractivity contribution is -0.118. The van der Waals surface area contributed by atoms with Crippen LogP contribution in [0.5, 0.6) is 11.5 Å². The first-order chi connectivity index (χ1) is 15.2. The van der Waals surface area contributed by atoms with Crippen LogP contribution in [-0.2, 0) is 4.79 Å². The molecule has 1 aliphatic heterocycles. The van der Waals surface area contributed by atoms with E-state index >= 15 is 0 Å². The number of nitriles is 1. The normalized spacial score (nSPS) is 20.2. The molecule has 3 N–H and O–H groups in total. The molecule has 0 radical (unpaired) electrons. The number of phenols is 1. The molecule has 0 bridgehead atoms. The third-order valence-corrected chi connectivity index (χ3v) is 6.21. The van der Waals surface area contributed by atoms with Gasteiger partial charge in [-0.2, -0.15) is 5.26 Å². The lowest BCUT2D eigenvalue weighted by atomic mass is 9.68. The Morgan fingerprint density at radius 3 is 2.50 bits per heavy atom. The Kier molecular flexibility index (Phi) is 5.21. The van der Waals surface area contributed by atoms with Gasteiger partial charge < -0.3 is 15.6 Å². The first kappa shape index (κ1) is 21.5. The van der Waals surface area contributed by atoms with Crippen LogP contribution in [0.2, 0.25) is 0 Å². The van der Waals surface area contributed by atoms with Crippen molar-refractivity contribution in [3.05, 3.63) is 76.3 Å². The molecule has 0 aromatic heterocycles. The Morgan fingerprint density at radius 2 is 1.88 bits per heavy atom. The van der Waals surface area contributed by atoms with Crippen LogP contribution in [0.3, 0.4) is 0 Å². The Morgan fingerprint density at radius 1 is 1.19 bits per heavy atom. The minimum absolute atomic E-state index is 0.00523. The Hall–Kier alpha value is -3.72. The molecule has 32 heavy (non-hydrogen) atoms. The Balaban J connectivity index is 1.99. The standard InChI is InChI=1S/C26H27N3O3/c1-15-5-8-17(9-6-15)29-19-12-26(2,3)13-21(31)24(19)23(18(14-27)25(29)28)16-7-10-20(30)22(11-16)32-4/h5-11,23,30H,12-13,28H2,1-4H3. The summed E-state index contributed by atoms with van der Waals surface area (Å²) in [5.41, 5.74) is 10.7. The molecule has 164 valence electrons. The number of benzene rings is 2. The summed E-state index contributed by atoms with van der Waals surface area (Å²) in [4.78, 5) is 15.4. The average Bonchev–Trinajstić information content (AvgIpc) is 2.73. The number of allylic oxidation sites excluding steroid dienone is 3. The fourth-order valence-electron chi connectivity index (χ4n) is 4.70. The van der Waals surface area contributed by atoms with Crippen LogP contribution >= 0.6 is 0 Å². The highest BCUT2D eigenvalue weighted by atomic mass is 16.5. The number of carbonyl (C=O) groups excluding carboxylic acids is 1. The van der Waals surface area contributed by atoms with Crippen molar-refractivity contribution in [3.63, 3.8) is 0 Å². The molecule has 0 fully saturated rings. The van der Waals surface area contributed by atoms with Gasteiger partial charge >= 0.3 is 0 Å². The summed E-state index contributed by atoms with van der Waals surface area (Å²) in [6.07, 6.45) is 1.03. The zero-order valence-corrected chi connectivity index (χ0v) is 18.8. The van der Waals surface area contributed by atoms with Crippen LogP contribution < -0.4 is 15.4 Å². The minimum Gasteiger partial charge on any atom is -0.504 e. The first-order valence-corrected chi connectivity index (χ1v) is 10.6. The zero-order valence-electron chi connectivity index (χ0n) is 18.8. The van der Waals surface area contributed by atoms with Gasteiger partial charge in [-0.05, 0) is 48.6 Å². The summed E-state index contributed by atoms with van der Waals surface area (Å²) in [6.45, 7) is 6.15. The van der Waals surface area contributed by atoms with Gasteiger partial charge in [-0.25, -0.2) is 0 Å². The molecule has 6 nitrogen and oxygen atoms in total. The van der Waals surface area contributed by atoms with E-state index in [1.54, 1.807) is 12.1 Å². The number of phenolic OH excluding ortho intramolecular Hbond substituents is 1. The lowest BCUT2D eigenvalue weighted by Crippen LogP contribution is -2.42. The van der Waals surface area contributed by atoms with Crippen molar-refractivity contribution in [1.82, 2.24) is 0 Å². The third-order valence-electron chi connectivity index (χ3n) is 6.21. The lowest BCUT2D eigenvalue weighted by Gasteiger charge is -2.43. The van der Waals surface area contributed by atoms with Crippen LogP contribution in [0.15, 0.2) is 65.1 Å². The third kappa shape index (κ3) is 3.50. The van der Waals surface area contributed by atoms with E-state index in [4.69, 9.17) is 10.5 Å². The number of anilines is 1. The maximum absolute atomic E-state index is 13.5. The van der Waals surface area contributed by atoms with E-state index in [1.165, 1.54) is 13.2 Å². The molecule has 1 unspecified atom stereocenters. The van der Waals surface area contributed by atoms with E-state index in [-0.39, 0.29) is 22.7 Å². The molecule has 0 spiro atoms. The van der Waals surface area contributed by atoms with Crippen molar-refractivity contribution in [2.45, 2.75) is 39.5 Å². The van der Waals surface area contributed by atoms with Crippen LogP contribution in [0.1, 0.15) is 43.7 Å². The van der Waals surface area contributed by atoms with E-state index < -0.39 is 5.92 Å². The van der Waals surface area contributed by atoms with Crippen molar-refractivity contribution < 1.29 is 14.6 Å². The fraction of sp³-hybridized carbons (Fsp3) is 0.308. The number of hydrogen-bond acceptors (Lipinski definition) is 6. The van der Waals surface area contributed by atoms with Gasteiger partial charge in [-0.3, -0.25) is 9.69 Å². The number of carbonyl (C=O) groups is 1. The van der Waals surface area contributed by atoms with Crippen LogP contribution in [0.4, 0.5) is 5.69 Å². The number of aromatic hydroxyl groups is 1. The van der Waals surface area contributed by atoms with Gasteiger partial charge in [0, 0.05) is 23.4 Å². The van der Waals surface area contributed by atoms with Crippen molar-refractivity contribution >= 4 is 11.5 Å². The molecule has 1 heterocycles. The summed E-state index contributed by atoms with van der Waals surface area (Å²) >= 11 is 0. The number of nitrogens with two attached hydrogens (primary N) is 1. The van der Waals surface area contributed by atoms with Gasteiger partial charge in [0.05, 0.1) is 24.7 Å². The van der Waals surface area contributed by atoms with Crippen molar-refractivity contribution in [1.29, 1.82) is 5.26 Å². The highest BCUT2D eigenvalue weighted by Crippen LogP contribution is 2.50. The van der Waals surface area contributed by atoms with E-state index in [0.29, 0.717) is 35.4 Å². The maximum Gasteiger partial charge on any atom is 0.162 e. The molecular weight excluding hydrogens is 402 g/mol. The van der Waals surface area contributed by atoms with Gasteiger partial charge in [0.15, 0.2) is 17.3 Å². The highest BCUT2D eigenvalue weighted by Gasteiger charge is 2.44. The minimum atomic E-state index is -0.616. The van der Waals surface area contributed by atoms with Crippen LogP contribution in [-0.4, -0.2) is 18.0 Å². The largest absolute Gasteiger partial charge is 0.504 e. The molecular formula is C26H27N3O3. The van der Waals surface area contributed by atoms with Crippen molar-refractivity contribution in [2.75, 3.05) is 12.0 Å². The number of aryl methyl sites for hydroxylation is 1. The second-order valence-corrected chi connectivity index (χ2v) is 9.25. The quantitative estimate of drug-likeness (QED) is 0.737. The predicted octanol–water partition coefficient (Wildman–Crippen LogP) is 4.65. The number of Topliss-reactive ketones (excluding diaryl/α,β-unsaturated/α-hetero) is 1. The van der Waals surface area contributed by atoms with Gasteiger partial charge in [-0.1, -0.05) is 37.6 Å². The van der Waals surface area contributed by atoms with Gasteiger partial charge in [-0.15, -0.1) is 0 Å². The van der Waals surface area contributed by atoms with Gasteiger partial charge in [0.2, 0.25) is 0 Å². The molecule has 2 aromatic rings. The molecule has 1 aliphatic carbocycles. The highest BCUT2D eigenvalue weighted by molar-refractivity contribution is 6.01.